The lowest BCUT2D eigenvalue weighted by molar-refractivity contribution is -0.130. The third-order valence-electron chi connectivity index (χ3n) is 5.43. The molecule has 4 aromatic rings. The molecule has 164 valence electrons. The Bertz CT molecular complexity index is 1240. The molecule has 1 amide bonds. The Hall–Kier alpha value is -3.52. The molecule has 7 nitrogen and oxygen atoms in total. The molecule has 2 N–H and O–H groups in total. The van der Waals surface area contributed by atoms with Gasteiger partial charge in [0.1, 0.15) is 6.54 Å². The van der Waals surface area contributed by atoms with E-state index in [9.17, 15) is 4.79 Å². The lowest BCUT2D eigenvalue weighted by atomic mass is 10.1. The summed E-state index contributed by atoms with van der Waals surface area (Å²) >= 11 is 5.36. The molecule has 2 aromatic carbocycles. The number of carbonyl (C=O) groups excluding carboxylic acids is 1. The first-order valence-corrected chi connectivity index (χ1v) is 11.0. The van der Waals surface area contributed by atoms with E-state index in [2.05, 4.69) is 26.5 Å². The third kappa shape index (κ3) is 5.03. The van der Waals surface area contributed by atoms with Gasteiger partial charge in [0, 0.05) is 30.4 Å². The number of rotatable bonds is 8. The Morgan fingerprint density at radius 3 is 2.53 bits per heavy atom. The summed E-state index contributed by atoms with van der Waals surface area (Å²) in [5, 5.41) is 14.6. The molecule has 0 bridgehead atoms. The van der Waals surface area contributed by atoms with E-state index in [4.69, 9.17) is 12.2 Å². The summed E-state index contributed by atoms with van der Waals surface area (Å²) in [6.07, 6.45) is 1.65. The van der Waals surface area contributed by atoms with Gasteiger partial charge in [-0.25, -0.2) is 0 Å². The molecule has 0 aliphatic heterocycles. The number of hydrogen-bond acceptors (Lipinski definition) is 4. The maximum Gasteiger partial charge on any atom is 0.242 e. The predicted molar refractivity (Wildman–Crippen MR) is 128 cm³/mol. The number of benzene rings is 2. The molecule has 0 aliphatic carbocycles. The highest BCUT2D eigenvalue weighted by Gasteiger charge is 2.15. The van der Waals surface area contributed by atoms with Crippen LogP contribution in [0.5, 0.6) is 0 Å². The smallest absolute Gasteiger partial charge is 0.242 e. The molecule has 0 spiro atoms. The first-order valence-electron chi connectivity index (χ1n) is 10.6. The van der Waals surface area contributed by atoms with Crippen LogP contribution in [0.3, 0.4) is 0 Å². The van der Waals surface area contributed by atoms with Gasteiger partial charge >= 0.3 is 0 Å². The van der Waals surface area contributed by atoms with Crippen LogP contribution in [0.2, 0.25) is 0 Å². The summed E-state index contributed by atoms with van der Waals surface area (Å²) in [5.74, 6) is 0.660. The van der Waals surface area contributed by atoms with Crippen molar-refractivity contribution in [1.82, 2.24) is 29.9 Å². The molecule has 0 unspecified atom stereocenters. The highest BCUT2D eigenvalue weighted by Crippen LogP contribution is 2.19. The van der Waals surface area contributed by atoms with Gasteiger partial charge in [-0.15, -0.1) is 0 Å². The molecule has 8 heteroatoms. The Kier molecular flexibility index (Phi) is 6.61. The highest BCUT2D eigenvalue weighted by molar-refractivity contribution is 7.71. The van der Waals surface area contributed by atoms with Crippen molar-refractivity contribution >= 4 is 18.1 Å². The monoisotopic (exact) mass is 446 g/mol. The average Bonchev–Trinajstić information content (AvgIpc) is 3.42. The number of likely N-dealkylation sites (N-methyl/N-ethyl adjacent to an activating group) is 1. The predicted octanol–water partition coefficient (Wildman–Crippen LogP) is 4.40. The molecule has 0 atom stereocenters. The fourth-order valence-electron chi connectivity index (χ4n) is 3.52. The molecule has 4 rings (SSSR count). The Morgan fingerprint density at radius 2 is 1.78 bits per heavy atom. The van der Waals surface area contributed by atoms with E-state index >= 15 is 0 Å². The number of hydrogen-bond donors (Lipinski definition) is 2. The van der Waals surface area contributed by atoms with E-state index in [1.807, 2.05) is 68.6 Å². The van der Waals surface area contributed by atoms with E-state index < -0.39 is 0 Å². The van der Waals surface area contributed by atoms with Crippen molar-refractivity contribution in [3.8, 4) is 22.6 Å². The topological polar surface area (TPSA) is 82.6 Å². The van der Waals surface area contributed by atoms with E-state index in [-0.39, 0.29) is 12.5 Å². The summed E-state index contributed by atoms with van der Waals surface area (Å²) < 4.78 is 2.19. The molecule has 0 saturated carbocycles. The first kappa shape index (κ1) is 21.7. The molecule has 32 heavy (non-hydrogen) atoms. The number of aromatic amines is 2. The fraction of sp³-hybridized carbons (Fsp3) is 0.250. The molecule has 0 fully saturated rings. The van der Waals surface area contributed by atoms with Crippen molar-refractivity contribution in [2.45, 2.75) is 26.3 Å². The Labute approximate surface area is 192 Å². The van der Waals surface area contributed by atoms with Crippen molar-refractivity contribution < 1.29 is 4.79 Å². The van der Waals surface area contributed by atoms with Crippen LogP contribution in [0.4, 0.5) is 0 Å². The Balaban J connectivity index is 1.33. The summed E-state index contributed by atoms with van der Waals surface area (Å²) in [7, 11) is 1.82. The van der Waals surface area contributed by atoms with E-state index in [0.29, 0.717) is 17.1 Å². The lowest BCUT2D eigenvalue weighted by Crippen LogP contribution is -2.31. The summed E-state index contributed by atoms with van der Waals surface area (Å²) in [4.78, 5) is 14.6. The van der Waals surface area contributed by atoms with Crippen molar-refractivity contribution in [2.75, 3.05) is 13.6 Å². The second kappa shape index (κ2) is 9.74. The zero-order chi connectivity index (χ0) is 22.5. The number of aromatic nitrogens is 5. The fourth-order valence-corrected chi connectivity index (χ4v) is 3.72. The second-order valence-electron chi connectivity index (χ2n) is 7.87. The lowest BCUT2D eigenvalue weighted by Gasteiger charge is -2.17. The first-order chi connectivity index (χ1) is 15.5. The Morgan fingerprint density at radius 1 is 1.03 bits per heavy atom. The van der Waals surface area contributed by atoms with Crippen LogP contribution in [0.25, 0.3) is 22.6 Å². The van der Waals surface area contributed by atoms with Gasteiger partial charge in [0.2, 0.25) is 5.91 Å². The number of nitrogens with zero attached hydrogens (tertiary/aromatic N) is 4. The maximum absolute atomic E-state index is 12.8. The van der Waals surface area contributed by atoms with Crippen molar-refractivity contribution in [1.29, 1.82) is 0 Å². The summed E-state index contributed by atoms with van der Waals surface area (Å²) in [6.45, 7) is 2.83. The molecule has 2 aromatic heterocycles. The van der Waals surface area contributed by atoms with Gasteiger partial charge in [-0.05, 0) is 38.0 Å². The van der Waals surface area contributed by atoms with Gasteiger partial charge in [0.15, 0.2) is 10.6 Å². The third-order valence-corrected chi connectivity index (χ3v) is 5.74. The van der Waals surface area contributed by atoms with Crippen LogP contribution in [0.1, 0.15) is 17.7 Å². The number of carbonyl (C=O) groups is 1. The van der Waals surface area contributed by atoms with Crippen molar-refractivity contribution in [3.63, 3.8) is 0 Å². The van der Waals surface area contributed by atoms with Crippen LogP contribution in [-0.2, 0) is 17.8 Å². The minimum Gasteiger partial charge on any atom is -0.344 e. The SMILES string of the molecule is Cc1ccc(-c2n[nH]c(=S)n2CC(=O)N(C)CCCc2cc(-c3ccccc3)n[nH]2)cc1. The minimum absolute atomic E-state index is 0.00885. The van der Waals surface area contributed by atoms with Gasteiger partial charge in [-0.3, -0.25) is 19.6 Å². The quantitative estimate of drug-likeness (QED) is 0.393. The van der Waals surface area contributed by atoms with Gasteiger partial charge in [-0.1, -0.05) is 60.2 Å². The van der Waals surface area contributed by atoms with Crippen LogP contribution in [0.15, 0.2) is 60.7 Å². The van der Waals surface area contributed by atoms with Gasteiger partial charge in [0.25, 0.3) is 0 Å². The van der Waals surface area contributed by atoms with E-state index in [1.54, 1.807) is 9.47 Å². The van der Waals surface area contributed by atoms with Crippen molar-refractivity contribution in [3.05, 3.63) is 76.7 Å². The highest BCUT2D eigenvalue weighted by atomic mass is 32.1. The summed E-state index contributed by atoms with van der Waals surface area (Å²) in [5.41, 5.74) is 5.17. The van der Waals surface area contributed by atoms with Crippen LogP contribution in [0, 0.1) is 11.7 Å². The van der Waals surface area contributed by atoms with Crippen molar-refractivity contribution in [2.24, 2.45) is 0 Å². The van der Waals surface area contributed by atoms with Gasteiger partial charge in [-0.2, -0.15) is 10.2 Å². The molecule has 0 saturated heterocycles. The number of H-pyrrole nitrogens is 2. The number of aryl methyl sites for hydroxylation is 2. The molecule has 0 radical (unpaired) electrons. The second-order valence-corrected chi connectivity index (χ2v) is 8.25. The van der Waals surface area contributed by atoms with Crippen LogP contribution < -0.4 is 0 Å². The van der Waals surface area contributed by atoms with Gasteiger partial charge < -0.3 is 4.90 Å². The van der Waals surface area contributed by atoms with E-state index in [1.165, 1.54) is 5.56 Å². The number of amides is 1. The van der Waals surface area contributed by atoms with Crippen LogP contribution in [-0.4, -0.2) is 49.4 Å². The normalized spacial score (nSPS) is 10.9. The standard InChI is InChI=1S/C24H26N6OS/c1-17-10-12-19(13-11-17)23-27-28-24(32)30(23)16-22(31)29(2)14-6-9-20-15-21(26-25-20)18-7-4-3-5-8-18/h3-5,7-8,10-13,15H,6,9,14,16H2,1-2H3,(H,25,26)(H,28,32). The van der Waals surface area contributed by atoms with E-state index in [0.717, 1.165) is 35.4 Å². The van der Waals surface area contributed by atoms with Crippen LogP contribution >= 0.6 is 12.2 Å². The zero-order valence-electron chi connectivity index (χ0n) is 18.2. The largest absolute Gasteiger partial charge is 0.344 e. The molecular weight excluding hydrogens is 420 g/mol. The molecule has 2 heterocycles. The summed E-state index contributed by atoms with van der Waals surface area (Å²) in [6, 6.07) is 20.1. The average molecular weight is 447 g/mol. The molecular formula is C24H26N6OS. The minimum atomic E-state index is -0.00885. The maximum atomic E-state index is 12.8. The van der Waals surface area contributed by atoms with Gasteiger partial charge in [0.05, 0.1) is 5.69 Å². The number of nitrogens with one attached hydrogen (secondary N) is 2. The zero-order valence-corrected chi connectivity index (χ0v) is 19.0. The molecule has 0 aliphatic rings.